The zero-order valence-corrected chi connectivity index (χ0v) is 19.2. The number of halogens is 3. The molecule has 0 atom stereocenters. The Morgan fingerprint density at radius 2 is 1.84 bits per heavy atom. The number of hydrogen-bond donors (Lipinski definition) is 1. The van der Waals surface area contributed by atoms with Crippen molar-refractivity contribution in [2.45, 2.75) is 13.2 Å². The quantitative estimate of drug-likeness (QED) is 0.306. The van der Waals surface area contributed by atoms with E-state index < -0.39 is 5.91 Å². The van der Waals surface area contributed by atoms with Gasteiger partial charge in [0.05, 0.1) is 15.5 Å². The summed E-state index contributed by atoms with van der Waals surface area (Å²) in [6.45, 7) is 0.412. The van der Waals surface area contributed by atoms with Gasteiger partial charge in [-0.25, -0.2) is 4.39 Å². The third-order valence-electron chi connectivity index (χ3n) is 4.33. The van der Waals surface area contributed by atoms with Gasteiger partial charge in [0.1, 0.15) is 23.9 Å². The number of hydrogen-bond acceptors (Lipinski definition) is 4. The number of nitrogens with one attached hydrogen (secondary N) is 1. The zero-order chi connectivity index (χ0) is 21.8. The molecule has 0 aliphatic rings. The number of benzene rings is 2. The predicted octanol–water partition coefficient (Wildman–Crippen LogP) is 6.02. The lowest BCUT2D eigenvalue weighted by Gasteiger charge is -2.06. The van der Waals surface area contributed by atoms with Gasteiger partial charge in [0.25, 0.3) is 5.91 Å². The van der Waals surface area contributed by atoms with E-state index in [0.717, 1.165) is 4.47 Å². The summed E-state index contributed by atoms with van der Waals surface area (Å²) in [4.78, 5) is 12.5. The molecule has 2 aromatic heterocycles. The highest BCUT2D eigenvalue weighted by Gasteiger charge is 2.16. The molecule has 0 aliphatic carbocycles. The van der Waals surface area contributed by atoms with Crippen molar-refractivity contribution in [1.29, 1.82) is 0 Å². The minimum Gasteiger partial charge on any atom is -0.484 e. The molecule has 0 spiro atoms. The van der Waals surface area contributed by atoms with E-state index in [1.54, 1.807) is 36.5 Å². The molecular weight excluding hydrogens is 533 g/mol. The summed E-state index contributed by atoms with van der Waals surface area (Å²) in [5.74, 6) is 0.848. The second-order valence-corrected chi connectivity index (χ2v) is 8.26. The third kappa shape index (κ3) is 5.23. The number of aromatic nitrogens is 2. The Labute approximate surface area is 194 Å². The van der Waals surface area contributed by atoms with E-state index >= 15 is 0 Å². The highest BCUT2D eigenvalue weighted by atomic mass is 79.9. The molecule has 1 amide bonds. The molecule has 4 rings (SSSR count). The van der Waals surface area contributed by atoms with Crippen LogP contribution in [0.3, 0.4) is 0 Å². The first-order valence-electron chi connectivity index (χ1n) is 9.23. The molecule has 4 aromatic rings. The van der Waals surface area contributed by atoms with E-state index in [1.165, 1.54) is 10.7 Å². The van der Waals surface area contributed by atoms with Gasteiger partial charge in [0.15, 0.2) is 11.6 Å². The van der Waals surface area contributed by atoms with Crippen LogP contribution < -0.4 is 10.1 Å². The molecule has 0 saturated heterocycles. The van der Waals surface area contributed by atoms with Gasteiger partial charge in [-0.3, -0.25) is 9.48 Å². The maximum Gasteiger partial charge on any atom is 0.292 e. The van der Waals surface area contributed by atoms with Crippen LogP contribution in [0, 0.1) is 5.82 Å². The van der Waals surface area contributed by atoms with Crippen molar-refractivity contribution in [2.75, 3.05) is 5.32 Å². The first-order chi connectivity index (χ1) is 15.0. The monoisotopic (exact) mass is 547 g/mol. The molecule has 0 unspecified atom stereocenters. The van der Waals surface area contributed by atoms with Gasteiger partial charge in [-0.05, 0) is 62.2 Å². The molecule has 0 bridgehead atoms. The Hall–Kier alpha value is -2.91. The molecule has 0 radical (unpaired) electrons. The molecule has 31 heavy (non-hydrogen) atoms. The fourth-order valence-corrected chi connectivity index (χ4v) is 3.64. The van der Waals surface area contributed by atoms with Crippen LogP contribution in [0.4, 0.5) is 10.2 Å². The van der Waals surface area contributed by atoms with Crippen molar-refractivity contribution in [1.82, 2.24) is 9.78 Å². The predicted molar refractivity (Wildman–Crippen MR) is 121 cm³/mol. The summed E-state index contributed by atoms with van der Waals surface area (Å²) >= 11 is 6.78. The number of ether oxygens (including phenoxy) is 1. The van der Waals surface area contributed by atoms with Gasteiger partial charge in [0, 0.05) is 11.8 Å². The zero-order valence-electron chi connectivity index (χ0n) is 16.0. The lowest BCUT2D eigenvalue weighted by Crippen LogP contribution is -2.12. The molecule has 1 N–H and O–H groups in total. The SMILES string of the molecule is O=C(Nc1nn(Cc2ccccc2F)cc1Br)c1ccc(COc2ccccc2Br)o1. The summed E-state index contributed by atoms with van der Waals surface area (Å²) < 4.78 is 28.1. The average molecular weight is 549 g/mol. The Bertz CT molecular complexity index is 1220. The minimum atomic E-state index is -0.455. The number of anilines is 1. The van der Waals surface area contributed by atoms with Crippen LogP contribution in [0.2, 0.25) is 0 Å². The first kappa shape index (κ1) is 21.3. The van der Waals surface area contributed by atoms with Gasteiger partial charge >= 0.3 is 0 Å². The van der Waals surface area contributed by atoms with Gasteiger partial charge in [-0.15, -0.1) is 0 Å². The van der Waals surface area contributed by atoms with E-state index in [0.29, 0.717) is 27.4 Å². The second-order valence-electron chi connectivity index (χ2n) is 6.55. The van der Waals surface area contributed by atoms with E-state index in [-0.39, 0.29) is 24.7 Å². The van der Waals surface area contributed by atoms with Crippen molar-refractivity contribution in [3.05, 3.63) is 98.7 Å². The lowest BCUT2D eigenvalue weighted by molar-refractivity contribution is 0.0992. The van der Waals surface area contributed by atoms with E-state index in [1.807, 2.05) is 24.3 Å². The smallest absolute Gasteiger partial charge is 0.292 e. The number of nitrogens with zero attached hydrogens (tertiary/aromatic N) is 2. The fourth-order valence-electron chi connectivity index (χ4n) is 2.82. The van der Waals surface area contributed by atoms with E-state index in [9.17, 15) is 9.18 Å². The lowest BCUT2D eigenvalue weighted by atomic mass is 10.2. The molecule has 158 valence electrons. The molecule has 0 aliphatic heterocycles. The molecule has 2 heterocycles. The Balaban J connectivity index is 1.39. The number of carbonyl (C=O) groups is 1. The number of carbonyl (C=O) groups excluding carboxylic acids is 1. The fraction of sp³-hybridized carbons (Fsp3) is 0.0909. The standard InChI is InChI=1S/C22H16Br2FN3O3/c23-16-6-2-4-8-19(16)30-13-15-9-10-20(31-15)22(29)26-21-17(24)12-28(27-21)11-14-5-1-3-7-18(14)25/h1-10,12H,11,13H2,(H,26,27,29). The second kappa shape index (κ2) is 9.49. The summed E-state index contributed by atoms with van der Waals surface area (Å²) in [5, 5.41) is 6.99. The highest BCUT2D eigenvalue weighted by Crippen LogP contribution is 2.25. The number of amides is 1. The van der Waals surface area contributed by atoms with Crippen molar-refractivity contribution < 1.29 is 18.3 Å². The summed E-state index contributed by atoms with van der Waals surface area (Å²) in [6.07, 6.45) is 1.67. The molecule has 0 fully saturated rings. The van der Waals surface area contributed by atoms with Crippen LogP contribution >= 0.6 is 31.9 Å². The van der Waals surface area contributed by atoms with Gasteiger partial charge in [-0.1, -0.05) is 30.3 Å². The van der Waals surface area contributed by atoms with Crippen molar-refractivity contribution >= 4 is 43.6 Å². The van der Waals surface area contributed by atoms with Crippen LogP contribution in [-0.4, -0.2) is 15.7 Å². The Morgan fingerprint density at radius 1 is 1.06 bits per heavy atom. The average Bonchev–Trinajstić information content (AvgIpc) is 3.36. The van der Waals surface area contributed by atoms with Gasteiger partial charge in [0.2, 0.25) is 0 Å². The Morgan fingerprint density at radius 3 is 2.65 bits per heavy atom. The van der Waals surface area contributed by atoms with Crippen LogP contribution in [0.1, 0.15) is 21.9 Å². The van der Waals surface area contributed by atoms with E-state index in [2.05, 4.69) is 42.3 Å². The van der Waals surface area contributed by atoms with Crippen LogP contribution in [0.5, 0.6) is 5.75 Å². The van der Waals surface area contributed by atoms with Crippen LogP contribution in [-0.2, 0) is 13.2 Å². The molecule has 0 saturated carbocycles. The molecule has 9 heteroatoms. The number of para-hydroxylation sites is 1. The topological polar surface area (TPSA) is 69.3 Å². The summed E-state index contributed by atoms with van der Waals surface area (Å²) in [7, 11) is 0. The third-order valence-corrected chi connectivity index (χ3v) is 5.57. The molecule has 6 nitrogen and oxygen atoms in total. The van der Waals surface area contributed by atoms with Crippen molar-refractivity contribution in [3.8, 4) is 5.75 Å². The highest BCUT2D eigenvalue weighted by molar-refractivity contribution is 9.11. The Kier molecular flexibility index (Phi) is 6.53. The molecular formula is C22H16Br2FN3O3. The van der Waals surface area contributed by atoms with E-state index in [4.69, 9.17) is 9.15 Å². The van der Waals surface area contributed by atoms with Crippen LogP contribution in [0.25, 0.3) is 0 Å². The summed E-state index contributed by atoms with van der Waals surface area (Å²) in [5.41, 5.74) is 0.496. The normalized spacial score (nSPS) is 10.8. The summed E-state index contributed by atoms with van der Waals surface area (Å²) in [6, 6.07) is 17.2. The maximum absolute atomic E-state index is 13.9. The number of rotatable bonds is 7. The van der Waals surface area contributed by atoms with Crippen LogP contribution in [0.15, 0.2) is 80.2 Å². The first-order valence-corrected chi connectivity index (χ1v) is 10.8. The van der Waals surface area contributed by atoms with Crippen molar-refractivity contribution in [3.63, 3.8) is 0 Å². The largest absolute Gasteiger partial charge is 0.484 e. The van der Waals surface area contributed by atoms with Gasteiger partial charge in [-0.2, -0.15) is 5.10 Å². The minimum absolute atomic E-state index is 0.126. The van der Waals surface area contributed by atoms with Crippen molar-refractivity contribution in [2.24, 2.45) is 0 Å². The maximum atomic E-state index is 13.9. The van der Waals surface area contributed by atoms with Gasteiger partial charge < -0.3 is 14.5 Å². The molecule has 2 aromatic carbocycles. The number of furan rings is 1.